The van der Waals surface area contributed by atoms with E-state index in [1.165, 1.54) is 11.1 Å². The number of amides is 1. The maximum atomic E-state index is 13.3. The molecule has 5 rings (SSSR count). The van der Waals surface area contributed by atoms with Crippen molar-refractivity contribution in [3.63, 3.8) is 0 Å². The lowest BCUT2D eigenvalue weighted by Gasteiger charge is -2.36. The highest BCUT2D eigenvalue weighted by atomic mass is 16.2. The maximum Gasteiger partial charge on any atom is 0.223 e. The van der Waals surface area contributed by atoms with E-state index in [0.29, 0.717) is 19.5 Å². The molecule has 2 aromatic carbocycles. The summed E-state index contributed by atoms with van der Waals surface area (Å²) in [7, 11) is 1.88. The van der Waals surface area contributed by atoms with Gasteiger partial charge in [0.05, 0.1) is 11.6 Å². The SMILES string of the molecule is Cn1ncc2c(N3CCN(C(=O)CC(c4ccccc4)c4ccccc4)CC3)ncnc21. The summed E-state index contributed by atoms with van der Waals surface area (Å²) in [4.78, 5) is 26.3. The fraction of sp³-hybridized carbons (Fsp3) is 0.280. The predicted molar refractivity (Wildman–Crippen MR) is 124 cm³/mol. The van der Waals surface area contributed by atoms with E-state index in [9.17, 15) is 4.79 Å². The number of aromatic nitrogens is 4. The molecule has 0 saturated carbocycles. The standard InChI is InChI=1S/C25H26N6O/c1-29-24-22(17-28-29)25(27-18-26-24)31-14-12-30(13-15-31)23(32)16-21(19-8-4-2-5-9-19)20-10-6-3-7-11-20/h2-11,17-18,21H,12-16H2,1H3. The number of fused-ring (bicyclic) bond motifs is 1. The highest BCUT2D eigenvalue weighted by Crippen LogP contribution is 2.29. The number of aryl methyl sites for hydroxylation is 1. The minimum absolute atomic E-state index is 0.0554. The van der Waals surface area contributed by atoms with E-state index in [2.05, 4.69) is 44.2 Å². The summed E-state index contributed by atoms with van der Waals surface area (Å²) in [6, 6.07) is 20.6. The van der Waals surface area contributed by atoms with Crippen molar-refractivity contribution in [1.29, 1.82) is 0 Å². The highest BCUT2D eigenvalue weighted by Gasteiger charge is 2.26. The molecule has 0 radical (unpaired) electrons. The lowest BCUT2D eigenvalue weighted by Crippen LogP contribution is -2.49. The molecule has 1 aliphatic heterocycles. The number of hydrogen-bond donors (Lipinski definition) is 0. The Hall–Kier alpha value is -3.74. The number of carbonyl (C=O) groups excluding carboxylic acids is 1. The topological polar surface area (TPSA) is 67.2 Å². The molecule has 0 bridgehead atoms. The Kier molecular flexibility index (Phi) is 5.54. The van der Waals surface area contributed by atoms with Crippen LogP contribution in [0.15, 0.2) is 73.2 Å². The van der Waals surface area contributed by atoms with Gasteiger partial charge in [-0.3, -0.25) is 9.48 Å². The first-order valence-corrected chi connectivity index (χ1v) is 11.0. The van der Waals surface area contributed by atoms with Gasteiger partial charge in [0.15, 0.2) is 5.65 Å². The Morgan fingerprint density at radius 1 is 0.906 bits per heavy atom. The Morgan fingerprint density at radius 2 is 1.53 bits per heavy atom. The number of benzene rings is 2. The van der Waals surface area contributed by atoms with Crippen LogP contribution < -0.4 is 4.90 Å². The second-order valence-electron chi connectivity index (χ2n) is 8.15. The Morgan fingerprint density at radius 3 is 2.16 bits per heavy atom. The van der Waals surface area contributed by atoms with Gasteiger partial charge in [0.1, 0.15) is 12.1 Å². The zero-order valence-electron chi connectivity index (χ0n) is 18.1. The Bertz CT molecular complexity index is 1160. The van der Waals surface area contributed by atoms with Crippen LogP contribution >= 0.6 is 0 Å². The normalized spacial score (nSPS) is 14.3. The minimum atomic E-state index is 0.0554. The lowest BCUT2D eigenvalue weighted by molar-refractivity contribution is -0.131. The van der Waals surface area contributed by atoms with Crippen LogP contribution in [0.2, 0.25) is 0 Å². The third kappa shape index (κ3) is 3.93. The quantitative estimate of drug-likeness (QED) is 0.490. The molecule has 1 amide bonds. The largest absolute Gasteiger partial charge is 0.352 e. The van der Waals surface area contributed by atoms with Gasteiger partial charge in [-0.25, -0.2) is 9.97 Å². The number of rotatable bonds is 5. The smallest absolute Gasteiger partial charge is 0.223 e. The molecule has 7 heteroatoms. The van der Waals surface area contributed by atoms with Gasteiger partial charge in [-0.15, -0.1) is 0 Å². The molecule has 0 unspecified atom stereocenters. The van der Waals surface area contributed by atoms with Gasteiger partial charge in [-0.05, 0) is 11.1 Å². The van der Waals surface area contributed by atoms with E-state index < -0.39 is 0 Å². The number of carbonyl (C=O) groups is 1. The van der Waals surface area contributed by atoms with Crippen LogP contribution in [0.25, 0.3) is 11.0 Å². The van der Waals surface area contributed by atoms with Crippen molar-refractivity contribution >= 4 is 22.8 Å². The van der Waals surface area contributed by atoms with Crippen LogP contribution in [0.3, 0.4) is 0 Å². The molecular formula is C25H26N6O. The van der Waals surface area contributed by atoms with Crippen LogP contribution in [0.1, 0.15) is 23.5 Å². The van der Waals surface area contributed by atoms with E-state index in [1.807, 2.05) is 54.5 Å². The van der Waals surface area contributed by atoms with Crippen LogP contribution in [0, 0.1) is 0 Å². The van der Waals surface area contributed by atoms with E-state index in [0.717, 1.165) is 29.9 Å². The van der Waals surface area contributed by atoms with E-state index in [1.54, 1.807) is 11.0 Å². The monoisotopic (exact) mass is 426 g/mol. The summed E-state index contributed by atoms with van der Waals surface area (Å²) in [5.74, 6) is 1.14. The van der Waals surface area contributed by atoms with Crippen LogP contribution in [-0.2, 0) is 11.8 Å². The average molecular weight is 427 g/mol. The van der Waals surface area contributed by atoms with Gasteiger partial charge < -0.3 is 9.80 Å². The zero-order chi connectivity index (χ0) is 21.9. The second-order valence-corrected chi connectivity index (χ2v) is 8.15. The van der Waals surface area contributed by atoms with Gasteiger partial charge in [-0.2, -0.15) is 5.10 Å². The average Bonchev–Trinajstić information content (AvgIpc) is 3.24. The fourth-order valence-electron chi connectivity index (χ4n) is 4.47. The highest BCUT2D eigenvalue weighted by molar-refractivity contribution is 5.87. The van der Waals surface area contributed by atoms with Gasteiger partial charge >= 0.3 is 0 Å². The van der Waals surface area contributed by atoms with E-state index in [4.69, 9.17) is 0 Å². The van der Waals surface area contributed by atoms with Crippen molar-refractivity contribution in [2.75, 3.05) is 31.1 Å². The Labute approximate surface area is 187 Å². The van der Waals surface area contributed by atoms with Crippen LogP contribution in [0.5, 0.6) is 0 Å². The number of piperazine rings is 1. The lowest BCUT2D eigenvalue weighted by atomic mass is 9.88. The van der Waals surface area contributed by atoms with Gasteiger partial charge in [-0.1, -0.05) is 60.7 Å². The first kappa shape index (κ1) is 20.2. The predicted octanol–water partition coefficient (Wildman–Crippen LogP) is 3.23. The molecule has 2 aromatic heterocycles. The van der Waals surface area contributed by atoms with E-state index >= 15 is 0 Å². The van der Waals surface area contributed by atoms with Gasteiger partial charge in [0.25, 0.3) is 0 Å². The van der Waals surface area contributed by atoms with Crippen molar-refractivity contribution in [2.45, 2.75) is 12.3 Å². The van der Waals surface area contributed by atoms with Gasteiger partial charge in [0.2, 0.25) is 5.91 Å². The number of anilines is 1. The van der Waals surface area contributed by atoms with Crippen molar-refractivity contribution in [2.24, 2.45) is 7.05 Å². The summed E-state index contributed by atoms with van der Waals surface area (Å²) in [5, 5.41) is 5.25. The molecule has 3 heterocycles. The zero-order valence-corrected chi connectivity index (χ0v) is 18.1. The number of nitrogens with zero attached hydrogens (tertiary/aromatic N) is 6. The first-order chi connectivity index (χ1) is 15.7. The summed E-state index contributed by atoms with van der Waals surface area (Å²) >= 11 is 0. The first-order valence-electron chi connectivity index (χ1n) is 11.0. The molecule has 32 heavy (non-hydrogen) atoms. The molecule has 0 N–H and O–H groups in total. The molecule has 0 atom stereocenters. The van der Waals surface area contributed by atoms with Crippen molar-refractivity contribution in [3.8, 4) is 0 Å². The van der Waals surface area contributed by atoms with Crippen molar-refractivity contribution in [3.05, 3.63) is 84.3 Å². The minimum Gasteiger partial charge on any atom is -0.352 e. The van der Waals surface area contributed by atoms with Crippen molar-refractivity contribution < 1.29 is 4.79 Å². The summed E-state index contributed by atoms with van der Waals surface area (Å²) < 4.78 is 1.76. The maximum absolute atomic E-state index is 13.3. The molecule has 162 valence electrons. The molecule has 1 aliphatic rings. The summed E-state index contributed by atoms with van der Waals surface area (Å²) in [6.45, 7) is 2.85. The third-order valence-corrected chi connectivity index (χ3v) is 6.22. The summed E-state index contributed by atoms with van der Waals surface area (Å²) in [6.07, 6.45) is 3.86. The van der Waals surface area contributed by atoms with Crippen LogP contribution in [0.4, 0.5) is 5.82 Å². The van der Waals surface area contributed by atoms with Crippen molar-refractivity contribution in [1.82, 2.24) is 24.6 Å². The Balaban J connectivity index is 1.29. The molecule has 0 aliphatic carbocycles. The molecule has 7 nitrogen and oxygen atoms in total. The van der Waals surface area contributed by atoms with E-state index in [-0.39, 0.29) is 11.8 Å². The van der Waals surface area contributed by atoms with Crippen LogP contribution in [-0.4, -0.2) is 56.7 Å². The van der Waals surface area contributed by atoms with Gasteiger partial charge in [0, 0.05) is 45.6 Å². The molecule has 1 fully saturated rings. The molecule has 4 aromatic rings. The third-order valence-electron chi connectivity index (χ3n) is 6.22. The fourth-order valence-corrected chi connectivity index (χ4v) is 4.47. The molecular weight excluding hydrogens is 400 g/mol. The molecule has 0 spiro atoms. The second kappa shape index (κ2) is 8.78. The molecule has 1 saturated heterocycles. The summed E-state index contributed by atoms with van der Waals surface area (Å²) in [5.41, 5.74) is 3.17. The number of hydrogen-bond acceptors (Lipinski definition) is 5.